The molecule has 0 aromatic carbocycles. The summed E-state index contributed by atoms with van der Waals surface area (Å²) in [7, 11) is 1.76. The summed E-state index contributed by atoms with van der Waals surface area (Å²) in [5.74, 6) is -0.0326. The lowest BCUT2D eigenvalue weighted by Gasteiger charge is -2.14. The minimum atomic E-state index is -0.469. The van der Waals surface area contributed by atoms with Gasteiger partial charge in [-0.3, -0.25) is 29.3 Å². The lowest BCUT2D eigenvalue weighted by Crippen LogP contribution is -2.18. The average Bonchev–Trinajstić information content (AvgIpc) is 3.75. The van der Waals surface area contributed by atoms with Crippen LogP contribution in [0.5, 0.6) is 0 Å². The Balaban J connectivity index is 1.33. The number of pyridine rings is 3. The van der Waals surface area contributed by atoms with Crippen molar-refractivity contribution < 1.29 is 9.18 Å². The molecular weight excluding hydrogens is 527 g/mol. The fraction of sp³-hybridized carbons (Fsp3) is 0.241. The quantitative estimate of drug-likeness (QED) is 0.267. The second-order valence-electron chi connectivity index (χ2n) is 10.1. The van der Waals surface area contributed by atoms with E-state index in [-0.39, 0.29) is 11.5 Å². The van der Waals surface area contributed by atoms with Gasteiger partial charge in [0.15, 0.2) is 17.4 Å². The molecule has 0 spiro atoms. The fourth-order valence-corrected chi connectivity index (χ4v) is 6.28. The molecule has 7 heterocycles. The second kappa shape index (κ2) is 9.68. The first-order valence-corrected chi connectivity index (χ1v) is 13.9. The van der Waals surface area contributed by atoms with E-state index in [0.717, 1.165) is 35.6 Å². The zero-order valence-electron chi connectivity index (χ0n) is 22.0. The highest BCUT2D eigenvalue weighted by atomic mass is 32.1. The number of thiophene rings is 1. The van der Waals surface area contributed by atoms with Crippen molar-refractivity contribution in [2.24, 2.45) is 7.05 Å². The molecular formula is C29H25FN8OS. The number of carbonyl (C=O) groups is 1. The van der Waals surface area contributed by atoms with Crippen molar-refractivity contribution >= 4 is 39.1 Å². The fourth-order valence-electron chi connectivity index (χ4n) is 5.37. The molecule has 6 aromatic rings. The number of aromatic amines is 1. The molecule has 0 aliphatic carbocycles. The van der Waals surface area contributed by atoms with Gasteiger partial charge in [0.1, 0.15) is 16.9 Å². The standard InChI is InChI=1S/C29H25FN8OS/c1-16(39)22-5-6-23(40-22)19-12-32-13-20-27(19)35-29(34-20)28-24-21(37(2)36-28)14-33-26(25(24)30)18-9-17(10-31-11-18)15-38-7-3-4-8-38/h5-6,9-14H,3-4,7-8,15H2,1-2H3,(H,34,35). The van der Waals surface area contributed by atoms with Crippen LogP contribution < -0.4 is 0 Å². The Labute approximate surface area is 232 Å². The highest BCUT2D eigenvalue weighted by Gasteiger charge is 2.23. The number of hydrogen-bond acceptors (Lipinski definition) is 8. The van der Waals surface area contributed by atoms with E-state index in [1.165, 1.54) is 24.2 Å². The molecule has 0 amide bonds. The van der Waals surface area contributed by atoms with Gasteiger partial charge in [0.25, 0.3) is 0 Å². The van der Waals surface area contributed by atoms with Gasteiger partial charge in [-0.15, -0.1) is 11.3 Å². The topological polar surface area (TPSA) is 105 Å². The smallest absolute Gasteiger partial charge is 0.169 e. The molecule has 1 N–H and O–H groups in total. The first kappa shape index (κ1) is 24.7. The van der Waals surface area contributed by atoms with Gasteiger partial charge in [0, 0.05) is 48.2 Å². The summed E-state index contributed by atoms with van der Waals surface area (Å²) < 4.78 is 17.9. The maximum absolute atomic E-state index is 16.3. The summed E-state index contributed by atoms with van der Waals surface area (Å²) in [6.45, 7) is 4.48. The van der Waals surface area contributed by atoms with Crippen LogP contribution in [0.2, 0.25) is 0 Å². The predicted octanol–water partition coefficient (Wildman–Crippen LogP) is 5.63. The molecule has 0 atom stereocenters. The zero-order valence-corrected chi connectivity index (χ0v) is 22.8. The summed E-state index contributed by atoms with van der Waals surface area (Å²) in [5.41, 5.74) is 4.99. The first-order chi connectivity index (χ1) is 19.5. The van der Waals surface area contributed by atoms with Crippen molar-refractivity contribution in [1.29, 1.82) is 0 Å². The Hall–Kier alpha value is -4.35. The van der Waals surface area contributed by atoms with Crippen molar-refractivity contribution in [3.8, 4) is 33.2 Å². The first-order valence-electron chi connectivity index (χ1n) is 13.1. The molecule has 11 heteroatoms. The molecule has 0 bridgehead atoms. The van der Waals surface area contributed by atoms with Crippen LogP contribution in [0, 0.1) is 5.82 Å². The average molecular weight is 553 g/mol. The van der Waals surface area contributed by atoms with Gasteiger partial charge >= 0.3 is 0 Å². The zero-order chi connectivity index (χ0) is 27.4. The summed E-state index contributed by atoms with van der Waals surface area (Å²) in [4.78, 5) is 37.1. The van der Waals surface area contributed by atoms with Crippen LogP contribution in [-0.2, 0) is 13.6 Å². The second-order valence-corrected chi connectivity index (χ2v) is 11.2. The number of rotatable bonds is 6. The number of Topliss-reactive ketones (excluding diaryl/α,β-unsaturated/α-hetero) is 1. The van der Waals surface area contributed by atoms with E-state index in [9.17, 15) is 4.79 Å². The van der Waals surface area contributed by atoms with Crippen LogP contribution in [0.25, 0.3) is 55.2 Å². The van der Waals surface area contributed by atoms with Crippen molar-refractivity contribution in [1.82, 2.24) is 39.6 Å². The third-order valence-corrected chi connectivity index (χ3v) is 8.56. The third kappa shape index (κ3) is 4.18. The molecule has 200 valence electrons. The van der Waals surface area contributed by atoms with Gasteiger partial charge in [-0.05, 0) is 56.6 Å². The number of nitrogens with zero attached hydrogens (tertiary/aromatic N) is 7. The largest absolute Gasteiger partial charge is 0.335 e. The van der Waals surface area contributed by atoms with Gasteiger partial charge in [-0.25, -0.2) is 9.37 Å². The molecule has 40 heavy (non-hydrogen) atoms. The number of hydrogen-bond donors (Lipinski definition) is 1. The molecule has 7 rings (SSSR count). The van der Waals surface area contributed by atoms with Crippen LogP contribution in [0.3, 0.4) is 0 Å². The summed E-state index contributed by atoms with van der Waals surface area (Å²) in [5, 5.41) is 4.96. The monoisotopic (exact) mass is 552 g/mol. The maximum atomic E-state index is 16.3. The van der Waals surface area contributed by atoms with Gasteiger partial charge < -0.3 is 4.98 Å². The summed E-state index contributed by atoms with van der Waals surface area (Å²) >= 11 is 1.39. The number of ketones is 1. The lowest BCUT2D eigenvalue weighted by molar-refractivity contribution is 0.102. The molecule has 1 aliphatic rings. The number of likely N-dealkylation sites (tertiary alicyclic amines) is 1. The van der Waals surface area contributed by atoms with Crippen molar-refractivity contribution in [2.45, 2.75) is 26.3 Å². The van der Waals surface area contributed by atoms with Crippen LogP contribution in [0.1, 0.15) is 35.0 Å². The molecule has 6 aromatic heterocycles. The third-order valence-electron chi connectivity index (χ3n) is 7.35. The number of imidazole rings is 1. The van der Waals surface area contributed by atoms with E-state index in [1.54, 1.807) is 49.5 Å². The number of halogens is 1. The van der Waals surface area contributed by atoms with Crippen LogP contribution in [0.4, 0.5) is 4.39 Å². The number of nitrogens with one attached hydrogen (secondary N) is 1. The Bertz CT molecular complexity index is 1920. The normalized spacial score (nSPS) is 14.1. The van der Waals surface area contributed by atoms with E-state index < -0.39 is 5.82 Å². The van der Waals surface area contributed by atoms with Gasteiger partial charge in [-0.2, -0.15) is 5.10 Å². The highest BCUT2D eigenvalue weighted by molar-refractivity contribution is 7.17. The lowest BCUT2D eigenvalue weighted by atomic mass is 10.1. The molecule has 1 saturated heterocycles. The Morgan fingerprint density at radius 3 is 2.70 bits per heavy atom. The van der Waals surface area contributed by atoms with Crippen LogP contribution >= 0.6 is 11.3 Å². The van der Waals surface area contributed by atoms with Crippen LogP contribution in [-0.4, -0.2) is 58.5 Å². The van der Waals surface area contributed by atoms with Crippen molar-refractivity contribution in [3.63, 3.8) is 0 Å². The van der Waals surface area contributed by atoms with Crippen molar-refractivity contribution in [2.75, 3.05) is 13.1 Å². The molecule has 0 saturated carbocycles. The molecule has 0 radical (unpaired) electrons. The highest BCUT2D eigenvalue weighted by Crippen LogP contribution is 2.36. The number of aromatic nitrogens is 7. The minimum Gasteiger partial charge on any atom is -0.335 e. The predicted molar refractivity (Wildman–Crippen MR) is 152 cm³/mol. The number of fused-ring (bicyclic) bond motifs is 2. The Morgan fingerprint density at radius 2 is 1.90 bits per heavy atom. The van der Waals surface area contributed by atoms with Crippen LogP contribution in [0.15, 0.2) is 49.2 Å². The van der Waals surface area contributed by atoms with E-state index >= 15 is 4.39 Å². The minimum absolute atomic E-state index is 0.00993. The Morgan fingerprint density at radius 1 is 1.07 bits per heavy atom. The number of aryl methyl sites for hydroxylation is 1. The van der Waals surface area contributed by atoms with E-state index in [4.69, 9.17) is 4.98 Å². The SMILES string of the molecule is CC(=O)c1ccc(-c2cncc3[nH]c(-c4nn(C)c5cnc(-c6cncc(CN7CCCC7)c6)c(F)c45)nc23)s1. The summed E-state index contributed by atoms with van der Waals surface area (Å²) in [6.07, 6.45) is 10.9. The maximum Gasteiger partial charge on any atom is 0.169 e. The summed E-state index contributed by atoms with van der Waals surface area (Å²) in [6, 6.07) is 5.67. The van der Waals surface area contributed by atoms with Gasteiger partial charge in [0.2, 0.25) is 0 Å². The van der Waals surface area contributed by atoms with E-state index in [1.807, 2.05) is 18.3 Å². The molecule has 0 unspecified atom stereocenters. The number of carbonyl (C=O) groups excluding carboxylic acids is 1. The van der Waals surface area contributed by atoms with E-state index in [0.29, 0.717) is 43.9 Å². The molecule has 1 aliphatic heterocycles. The van der Waals surface area contributed by atoms with Gasteiger partial charge in [-0.1, -0.05) is 0 Å². The van der Waals surface area contributed by atoms with Gasteiger partial charge in [0.05, 0.1) is 33.7 Å². The molecule has 9 nitrogen and oxygen atoms in total. The Kier molecular flexibility index (Phi) is 5.97. The van der Waals surface area contributed by atoms with E-state index in [2.05, 4.69) is 29.9 Å². The molecule has 1 fully saturated rings. The van der Waals surface area contributed by atoms with Crippen molar-refractivity contribution in [3.05, 3.63) is 65.4 Å². The number of H-pyrrole nitrogens is 1.